The molecule has 0 amide bonds. The van der Waals surface area contributed by atoms with Crippen LogP contribution in [0.2, 0.25) is 5.02 Å². The van der Waals surface area contributed by atoms with E-state index in [0.717, 1.165) is 54.5 Å². The normalized spacial score (nSPS) is 15.7. The number of methoxy groups -OCH3 is 1. The number of anilines is 1. The highest BCUT2D eigenvalue weighted by atomic mass is 35.5. The number of fused-ring (bicyclic) bond motifs is 3. The third-order valence-corrected chi connectivity index (χ3v) is 4.26. The highest BCUT2D eigenvalue weighted by Crippen LogP contribution is 2.26. The molecule has 0 atom stereocenters. The van der Waals surface area contributed by atoms with Gasteiger partial charge in [0.2, 0.25) is 5.95 Å². The number of rotatable bonds is 3. The first-order valence-corrected chi connectivity index (χ1v) is 7.93. The fourth-order valence-corrected chi connectivity index (χ4v) is 3.11. The van der Waals surface area contributed by atoms with E-state index >= 15 is 0 Å². The molecule has 4 rings (SSSR count). The van der Waals surface area contributed by atoms with Gasteiger partial charge in [0.05, 0.1) is 5.52 Å². The fraction of sp³-hybridized carbons (Fsp3) is 0.400. The highest BCUT2D eigenvalue weighted by molar-refractivity contribution is 6.31. The number of ether oxygens (including phenoxy) is 1. The summed E-state index contributed by atoms with van der Waals surface area (Å²) in [5, 5.41) is 13.6. The molecule has 8 heteroatoms. The van der Waals surface area contributed by atoms with E-state index in [9.17, 15) is 0 Å². The smallest absolute Gasteiger partial charge is 0.213 e. The molecule has 2 aromatic heterocycles. The molecular formula is C15H17ClN6O. The van der Waals surface area contributed by atoms with Crippen molar-refractivity contribution in [3.8, 4) is 0 Å². The molecule has 3 heterocycles. The second-order valence-corrected chi connectivity index (χ2v) is 5.96. The Morgan fingerprint density at radius 2 is 2.09 bits per heavy atom. The van der Waals surface area contributed by atoms with Crippen molar-refractivity contribution >= 4 is 34.1 Å². The minimum atomic E-state index is 0.390. The maximum Gasteiger partial charge on any atom is 0.213 e. The first kappa shape index (κ1) is 14.6. The third-order valence-electron chi connectivity index (χ3n) is 4.02. The standard InChI is InChI=1S/C15H17ClN6O/c1-23-9-13-19-20-14-11-3-2-10(16)8-12(11)18-15(22(13)14)21-6-4-17-5-7-21/h2-3,8,17H,4-7,9H2,1H3. The third kappa shape index (κ3) is 2.50. The molecular weight excluding hydrogens is 316 g/mol. The summed E-state index contributed by atoms with van der Waals surface area (Å²) in [6.45, 7) is 4.02. The number of nitrogens with one attached hydrogen (secondary N) is 1. The minimum Gasteiger partial charge on any atom is -0.377 e. The summed E-state index contributed by atoms with van der Waals surface area (Å²) < 4.78 is 7.26. The summed E-state index contributed by atoms with van der Waals surface area (Å²) >= 11 is 6.14. The van der Waals surface area contributed by atoms with Crippen molar-refractivity contribution in [1.29, 1.82) is 0 Å². The van der Waals surface area contributed by atoms with Crippen LogP contribution in [0.4, 0.5) is 5.95 Å². The van der Waals surface area contributed by atoms with Crippen LogP contribution in [0.15, 0.2) is 18.2 Å². The summed E-state index contributed by atoms with van der Waals surface area (Å²) in [7, 11) is 1.65. The summed E-state index contributed by atoms with van der Waals surface area (Å²) in [4.78, 5) is 7.09. The molecule has 23 heavy (non-hydrogen) atoms. The van der Waals surface area contributed by atoms with E-state index < -0.39 is 0 Å². The van der Waals surface area contributed by atoms with Gasteiger partial charge >= 0.3 is 0 Å². The van der Waals surface area contributed by atoms with Crippen molar-refractivity contribution in [2.45, 2.75) is 6.61 Å². The van der Waals surface area contributed by atoms with Crippen LogP contribution >= 0.6 is 11.6 Å². The highest BCUT2D eigenvalue weighted by Gasteiger charge is 2.20. The number of piperazine rings is 1. The van der Waals surface area contributed by atoms with Crippen LogP contribution in [0, 0.1) is 0 Å². The van der Waals surface area contributed by atoms with Crippen molar-refractivity contribution in [2.24, 2.45) is 0 Å². The average molecular weight is 333 g/mol. The first-order valence-electron chi connectivity index (χ1n) is 7.56. The summed E-state index contributed by atoms with van der Waals surface area (Å²) in [6, 6.07) is 5.65. The number of aromatic nitrogens is 4. The average Bonchev–Trinajstić information content (AvgIpc) is 2.99. The predicted octanol–water partition coefficient (Wildman–Crippen LogP) is 1.49. The fourth-order valence-electron chi connectivity index (χ4n) is 2.94. The lowest BCUT2D eigenvalue weighted by atomic mass is 10.2. The van der Waals surface area contributed by atoms with Gasteiger partial charge in [0, 0.05) is 43.7 Å². The van der Waals surface area contributed by atoms with Crippen LogP contribution in [0.1, 0.15) is 5.82 Å². The molecule has 120 valence electrons. The molecule has 7 nitrogen and oxygen atoms in total. The molecule has 0 aliphatic carbocycles. The van der Waals surface area contributed by atoms with Gasteiger partial charge in [-0.3, -0.25) is 0 Å². The Kier molecular flexibility index (Phi) is 3.76. The molecule has 3 aromatic rings. The molecule has 1 saturated heterocycles. The van der Waals surface area contributed by atoms with E-state index in [2.05, 4.69) is 20.4 Å². The van der Waals surface area contributed by atoms with E-state index in [-0.39, 0.29) is 0 Å². The Morgan fingerprint density at radius 1 is 1.26 bits per heavy atom. The molecule has 0 radical (unpaired) electrons. The molecule has 1 fully saturated rings. The predicted molar refractivity (Wildman–Crippen MR) is 89.1 cm³/mol. The zero-order valence-corrected chi connectivity index (χ0v) is 13.5. The van der Waals surface area contributed by atoms with Gasteiger partial charge in [-0.05, 0) is 18.2 Å². The van der Waals surface area contributed by atoms with Crippen LogP contribution in [0.3, 0.4) is 0 Å². The maximum atomic E-state index is 6.14. The summed E-state index contributed by atoms with van der Waals surface area (Å²) in [6.07, 6.45) is 0. The van der Waals surface area contributed by atoms with Gasteiger partial charge in [0.15, 0.2) is 11.5 Å². The molecule has 1 N–H and O–H groups in total. The Labute approximate surface area is 138 Å². The van der Waals surface area contributed by atoms with Crippen LogP contribution in [0.25, 0.3) is 16.6 Å². The van der Waals surface area contributed by atoms with Gasteiger partial charge in [-0.2, -0.15) is 0 Å². The zero-order valence-electron chi connectivity index (χ0n) is 12.8. The maximum absolute atomic E-state index is 6.14. The van der Waals surface area contributed by atoms with Gasteiger partial charge in [0.1, 0.15) is 6.61 Å². The molecule has 0 spiro atoms. The van der Waals surface area contributed by atoms with Gasteiger partial charge in [0.25, 0.3) is 0 Å². The number of nitrogens with zero attached hydrogens (tertiary/aromatic N) is 5. The second-order valence-electron chi connectivity index (χ2n) is 5.52. The first-order chi connectivity index (χ1) is 11.3. The lowest BCUT2D eigenvalue weighted by Crippen LogP contribution is -2.44. The van der Waals surface area contributed by atoms with Crippen molar-refractivity contribution in [3.63, 3.8) is 0 Å². The van der Waals surface area contributed by atoms with Gasteiger partial charge in [-0.25, -0.2) is 9.38 Å². The SMILES string of the molecule is COCc1nnc2c3ccc(Cl)cc3nc(N3CCNCC3)n12. The Bertz CT molecular complexity index is 858. The van der Waals surface area contributed by atoms with Gasteiger partial charge in [-0.1, -0.05) is 11.6 Å². The van der Waals surface area contributed by atoms with Crippen LogP contribution < -0.4 is 10.2 Å². The molecule has 1 aliphatic rings. The van der Waals surface area contributed by atoms with Crippen LogP contribution in [-0.2, 0) is 11.3 Å². The molecule has 1 aliphatic heterocycles. The lowest BCUT2D eigenvalue weighted by molar-refractivity contribution is 0.177. The van der Waals surface area contributed by atoms with Gasteiger partial charge in [-0.15, -0.1) is 10.2 Å². The molecule has 0 saturated carbocycles. The van der Waals surface area contributed by atoms with Crippen molar-refractivity contribution in [3.05, 3.63) is 29.0 Å². The van der Waals surface area contributed by atoms with E-state index in [1.54, 1.807) is 7.11 Å². The van der Waals surface area contributed by atoms with E-state index in [0.29, 0.717) is 11.6 Å². The minimum absolute atomic E-state index is 0.390. The van der Waals surface area contributed by atoms with Gasteiger partial charge < -0.3 is 15.0 Å². The second kappa shape index (κ2) is 5.92. The number of benzene rings is 1. The quantitative estimate of drug-likeness (QED) is 0.783. The molecule has 0 unspecified atom stereocenters. The monoisotopic (exact) mass is 332 g/mol. The lowest BCUT2D eigenvalue weighted by Gasteiger charge is -2.29. The molecule has 0 bridgehead atoms. The van der Waals surface area contributed by atoms with E-state index in [1.165, 1.54) is 0 Å². The number of hydrogen-bond donors (Lipinski definition) is 1. The Hall–Kier alpha value is -1.96. The van der Waals surface area contributed by atoms with Crippen molar-refractivity contribution in [1.82, 2.24) is 24.9 Å². The summed E-state index contributed by atoms with van der Waals surface area (Å²) in [5.41, 5.74) is 1.61. The number of hydrogen-bond acceptors (Lipinski definition) is 6. The summed E-state index contributed by atoms with van der Waals surface area (Å²) in [5.74, 6) is 1.59. The topological polar surface area (TPSA) is 67.6 Å². The van der Waals surface area contributed by atoms with Crippen LogP contribution in [-0.4, -0.2) is 52.9 Å². The van der Waals surface area contributed by atoms with Crippen molar-refractivity contribution in [2.75, 3.05) is 38.2 Å². The van der Waals surface area contributed by atoms with Crippen LogP contribution in [0.5, 0.6) is 0 Å². The van der Waals surface area contributed by atoms with E-state index in [4.69, 9.17) is 21.3 Å². The largest absolute Gasteiger partial charge is 0.377 e. The van der Waals surface area contributed by atoms with E-state index in [1.807, 2.05) is 22.6 Å². The van der Waals surface area contributed by atoms with Crippen molar-refractivity contribution < 1.29 is 4.74 Å². The zero-order chi connectivity index (χ0) is 15.8. The number of halogens is 1. The Balaban J connectivity index is 2.00. The Morgan fingerprint density at radius 3 is 2.87 bits per heavy atom. The molecule has 1 aromatic carbocycles.